The molecule has 3 fully saturated rings. The van der Waals surface area contributed by atoms with Crippen LogP contribution in [-0.2, 0) is 4.79 Å². The van der Waals surface area contributed by atoms with Gasteiger partial charge in [0.2, 0.25) is 0 Å². The van der Waals surface area contributed by atoms with E-state index in [1.54, 1.807) is 12.0 Å². The fourth-order valence-corrected chi connectivity index (χ4v) is 5.33. The molecule has 3 aliphatic rings. The summed E-state index contributed by atoms with van der Waals surface area (Å²) in [6, 6.07) is 13.9. The first-order chi connectivity index (χ1) is 17.2. The Kier molecular flexibility index (Phi) is 7.77. The fourth-order valence-electron chi connectivity index (χ4n) is 5.33. The van der Waals surface area contributed by atoms with Crippen molar-refractivity contribution in [1.29, 1.82) is 0 Å². The van der Waals surface area contributed by atoms with E-state index in [9.17, 15) is 4.79 Å². The number of hydrogen-bond acceptors (Lipinski definition) is 5. The summed E-state index contributed by atoms with van der Waals surface area (Å²) in [7, 11) is 1.63. The van der Waals surface area contributed by atoms with Crippen molar-refractivity contribution < 1.29 is 19.0 Å². The molecule has 0 aromatic heterocycles. The summed E-state index contributed by atoms with van der Waals surface area (Å²) in [4.78, 5) is 14.8. The highest BCUT2D eigenvalue weighted by Crippen LogP contribution is 2.40. The molecule has 188 valence electrons. The number of nitrogens with one attached hydrogen (secondary N) is 1. The van der Waals surface area contributed by atoms with Gasteiger partial charge in [-0.05, 0) is 67.5 Å². The third-order valence-corrected chi connectivity index (χ3v) is 7.56. The van der Waals surface area contributed by atoms with Crippen LogP contribution in [0.1, 0.15) is 62.8 Å². The topological polar surface area (TPSA) is 60.0 Å². The molecule has 1 heterocycles. The van der Waals surface area contributed by atoms with Crippen molar-refractivity contribution in [2.45, 2.75) is 63.4 Å². The van der Waals surface area contributed by atoms with E-state index in [1.165, 1.54) is 50.5 Å². The number of carbonyl (C=O) groups excluding carboxylic acids is 1. The number of hydrogen-bond donors (Lipinski definition) is 1. The van der Waals surface area contributed by atoms with Gasteiger partial charge in [0.05, 0.1) is 7.11 Å². The minimum atomic E-state index is -0.459. The third kappa shape index (κ3) is 6.10. The van der Waals surface area contributed by atoms with E-state index in [2.05, 4.69) is 17.4 Å². The molecule has 2 saturated carbocycles. The first-order valence-corrected chi connectivity index (χ1v) is 13.3. The Morgan fingerprint density at radius 3 is 2.49 bits per heavy atom. The molecule has 35 heavy (non-hydrogen) atoms. The van der Waals surface area contributed by atoms with Crippen LogP contribution in [0, 0.1) is 5.92 Å². The third-order valence-electron chi connectivity index (χ3n) is 7.56. The first kappa shape index (κ1) is 24.0. The number of anilines is 1. The highest BCUT2D eigenvalue weighted by molar-refractivity contribution is 5.99. The number of amides is 1. The van der Waals surface area contributed by atoms with Crippen LogP contribution in [0.5, 0.6) is 17.2 Å². The molecular weight excluding hydrogens is 440 g/mol. The summed E-state index contributed by atoms with van der Waals surface area (Å²) in [6.45, 7) is 3.06. The van der Waals surface area contributed by atoms with Gasteiger partial charge in [0.15, 0.2) is 17.6 Å². The molecule has 6 heteroatoms. The number of nitrogens with zero attached hydrogens (tertiary/aromatic N) is 1. The van der Waals surface area contributed by atoms with Gasteiger partial charge in [0.1, 0.15) is 12.4 Å². The van der Waals surface area contributed by atoms with E-state index in [1.807, 2.05) is 30.3 Å². The summed E-state index contributed by atoms with van der Waals surface area (Å²) in [5, 5.41) is 3.49. The molecule has 5 rings (SSSR count). The van der Waals surface area contributed by atoms with Gasteiger partial charge in [0, 0.05) is 31.3 Å². The smallest absolute Gasteiger partial charge is 0.268 e. The summed E-state index contributed by atoms with van der Waals surface area (Å²) in [6.07, 6.45) is 9.60. The Morgan fingerprint density at radius 1 is 0.943 bits per heavy atom. The van der Waals surface area contributed by atoms with Crippen LogP contribution in [-0.4, -0.2) is 45.4 Å². The lowest BCUT2D eigenvalue weighted by Crippen LogP contribution is -2.32. The minimum absolute atomic E-state index is 0.0153. The van der Waals surface area contributed by atoms with Crippen molar-refractivity contribution in [3.63, 3.8) is 0 Å². The maximum absolute atomic E-state index is 13.1. The SMILES string of the molecule is COc1cc(N2CC[C@H](Oc3ccc(C4CC4)cc3)C2=O)ccc1OCCNCCC1CCCC1. The van der Waals surface area contributed by atoms with Crippen molar-refractivity contribution in [3.8, 4) is 17.2 Å². The van der Waals surface area contributed by atoms with Crippen LogP contribution in [0.4, 0.5) is 5.69 Å². The van der Waals surface area contributed by atoms with Crippen LogP contribution >= 0.6 is 0 Å². The Labute approximate surface area is 208 Å². The molecular formula is C29H38N2O4. The predicted octanol–water partition coefficient (Wildman–Crippen LogP) is 5.31. The molecule has 2 aromatic carbocycles. The van der Waals surface area contributed by atoms with Gasteiger partial charge in [-0.25, -0.2) is 0 Å². The number of methoxy groups -OCH3 is 1. The van der Waals surface area contributed by atoms with Crippen LogP contribution < -0.4 is 24.4 Å². The molecule has 0 radical (unpaired) electrons. The quantitative estimate of drug-likeness (QED) is 0.419. The van der Waals surface area contributed by atoms with Crippen molar-refractivity contribution in [3.05, 3.63) is 48.0 Å². The molecule has 1 atom stereocenters. The van der Waals surface area contributed by atoms with Crippen LogP contribution in [0.3, 0.4) is 0 Å². The minimum Gasteiger partial charge on any atom is -0.493 e. The maximum Gasteiger partial charge on any atom is 0.268 e. The van der Waals surface area contributed by atoms with Crippen LogP contribution in [0.2, 0.25) is 0 Å². The largest absolute Gasteiger partial charge is 0.493 e. The molecule has 0 unspecified atom stereocenters. The maximum atomic E-state index is 13.1. The Balaban J connectivity index is 1.10. The van der Waals surface area contributed by atoms with E-state index in [4.69, 9.17) is 14.2 Å². The van der Waals surface area contributed by atoms with Gasteiger partial charge >= 0.3 is 0 Å². The Bertz CT molecular complexity index is 983. The number of rotatable bonds is 12. The lowest BCUT2D eigenvalue weighted by molar-refractivity contribution is -0.122. The second-order valence-electron chi connectivity index (χ2n) is 10.1. The van der Waals surface area contributed by atoms with Crippen molar-refractivity contribution in [2.75, 3.05) is 38.3 Å². The first-order valence-electron chi connectivity index (χ1n) is 13.3. The van der Waals surface area contributed by atoms with Crippen molar-refractivity contribution in [2.24, 2.45) is 5.92 Å². The zero-order valence-corrected chi connectivity index (χ0v) is 20.8. The zero-order valence-electron chi connectivity index (χ0n) is 20.8. The zero-order chi connectivity index (χ0) is 24.0. The lowest BCUT2D eigenvalue weighted by atomic mass is 10.0. The summed E-state index contributed by atoms with van der Waals surface area (Å²) >= 11 is 0. The van der Waals surface area contributed by atoms with E-state index in [-0.39, 0.29) is 5.91 Å². The van der Waals surface area contributed by atoms with Gasteiger partial charge in [-0.2, -0.15) is 0 Å². The summed E-state index contributed by atoms with van der Waals surface area (Å²) in [5.74, 6) is 3.70. The van der Waals surface area contributed by atoms with Gasteiger partial charge in [-0.3, -0.25) is 4.79 Å². The highest BCUT2D eigenvalue weighted by atomic mass is 16.5. The molecule has 1 N–H and O–H groups in total. The average Bonchev–Trinajstić information content (AvgIpc) is 3.49. The normalized spacial score (nSPS) is 20.4. The summed E-state index contributed by atoms with van der Waals surface area (Å²) in [5.41, 5.74) is 2.18. The average molecular weight is 479 g/mol. The van der Waals surface area contributed by atoms with Crippen LogP contribution in [0.25, 0.3) is 0 Å². The van der Waals surface area contributed by atoms with Gasteiger partial charge in [0.25, 0.3) is 5.91 Å². The second kappa shape index (κ2) is 11.3. The number of benzene rings is 2. The number of carbonyl (C=O) groups is 1. The Morgan fingerprint density at radius 2 is 1.74 bits per heavy atom. The lowest BCUT2D eigenvalue weighted by Gasteiger charge is -2.19. The summed E-state index contributed by atoms with van der Waals surface area (Å²) < 4.78 is 17.6. The molecule has 1 saturated heterocycles. The van der Waals surface area contributed by atoms with Crippen molar-refractivity contribution >= 4 is 11.6 Å². The van der Waals surface area contributed by atoms with Gasteiger partial charge in [-0.15, -0.1) is 0 Å². The number of ether oxygens (including phenoxy) is 3. The highest BCUT2D eigenvalue weighted by Gasteiger charge is 2.35. The van der Waals surface area contributed by atoms with E-state index in [0.29, 0.717) is 37.0 Å². The molecule has 6 nitrogen and oxygen atoms in total. The fraction of sp³-hybridized carbons (Fsp3) is 0.552. The molecule has 0 bridgehead atoms. The van der Waals surface area contributed by atoms with E-state index in [0.717, 1.165) is 30.4 Å². The predicted molar refractivity (Wildman–Crippen MR) is 138 cm³/mol. The molecule has 2 aromatic rings. The van der Waals surface area contributed by atoms with Gasteiger partial charge < -0.3 is 24.4 Å². The van der Waals surface area contributed by atoms with Crippen LogP contribution in [0.15, 0.2) is 42.5 Å². The molecule has 1 amide bonds. The van der Waals surface area contributed by atoms with E-state index < -0.39 is 6.10 Å². The van der Waals surface area contributed by atoms with Crippen molar-refractivity contribution in [1.82, 2.24) is 5.32 Å². The monoisotopic (exact) mass is 478 g/mol. The van der Waals surface area contributed by atoms with Gasteiger partial charge in [-0.1, -0.05) is 37.8 Å². The van der Waals surface area contributed by atoms with E-state index >= 15 is 0 Å². The standard InChI is InChI=1S/C29H38N2O4/c1-33-28-20-24(10-13-26(28)34-19-17-30-16-14-21-4-2-3-5-21)31-18-15-27(29(31)32)35-25-11-8-23(9-12-25)22-6-7-22/h8-13,20-22,27,30H,2-7,14-19H2,1H3/t27-/m0/s1. The molecule has 2 aliphatic carbocycles. The molecule has 0 spiro atoms. The second-order valence-corrected chi connectivity index (χ2v) is 10.1. The molecule has 1 aliphatic heterocycles. The Hall–Kier alpha value is -2.73.